The Balaban J connectivity index is 1.69. The van der Waals surface area contributed by atoms with Crippen molar-refractivity contribution in [1.82, 2.24) is 5.32 Å². The maximum absolute atomic E-state index is 12.4. The number of fused-ring (bicyclic) bond motifs is 1. The lowest BCUT2D eigenvalue weighted by atomic mass is 9.88. The van der Waals surface area contributed by atoms with E-state index in [1.807, 2.05) is 24.3 Å². The van der Waals surface area contributed by atoms with E-state index in [0.29, 0.717) is 11.4 Å². The van der Waals surface area contributed by atoms with Gasteiger partial charge in [-0.15, -0.1) is 0 Å². The molecule has 2 aromatic rings. The van der Waals surface area contributed by atoms with E-state index in [2.05, 4.69) is 30.4 Å². The molecule has 0 saturated heterocycles. The van der Waals surface area contributed by atoms with Crippen molar-refractivity contribution < 1.29 is 4.79 Å². The first-order chi connectivity index (χ1) is 11.7. The number of rotatable bonds is 5. The number of nitrogens with one attached hydrogen (secondary N) is 1. The highest BCUT2D eigenvalue weighted by Gasteiger charge is 2.16. The van der Waals surface area contributed by atoms with E-state index in [9.17, 15) is 4.79 Å². The number of aryl methyl sites for hydroxylation is 2. The molecule has 3 heteroatoms. The van der Waals surface area contributed by atoms with Gasteiger partial charge in [0.1, 0.15) is 0 Å². The van der Waals surface area contributed by atoms with E-state index in [-0.39, 0.29) is 11.9 Å². The van der Waals surface area contributed by atoms with Gasteiger partial charge < -0.3 is 5.32 Å². The molecule has 0 heterocycles. The van der Waals surface area contributed by atoms with E-state index in [1.54, 1.807) is 0 Å². The topological polar surface area (TPSA) is 29.1 Å². The Morgan fingerprint density at radius 2 is 1.92 bits per heavy atom. The van der Waals surface area contributed by atoms with Gasteiger partial charge in [-0.05, 0) is 66.5 Å². The smallest absolute Gasteiger partial charge is 0.224 e. The molecule has 0 fully saturated rings. The van der Waals surface area contributed by atoms with Crippen LogP contribution in [0.25, 0.3) is 0 Å². The largest absolute Gasteiger partial charge is 0.349 e. The van der Waals surface area contributed by atoms with Crippen molar-refractivity contribution in [2.45, 2.75) is 51.5 Å². The van der Waals surface area contributed by atoms with E-state index >= 15 is 0 Å². The minimum absolute atomic E-state index is 0.0434. The van der Waals surface area contributed by atoms with E-state index in [4.69, 9.17) is 11.6 Å². The second-order valence-electron chi connectivity index (χ2n) is 6.57. The molecule has 126 valence electrons. The third-order valence-corrected chi connectivity index (χ3v) is 5.01. The number of hydrogen-bond donors (Lipinski definition) is 1. The van der Waals surface area contributed by atoms with Crippen molar-refractivity contribution in [2.75, 3.05) is 0 Å². The van der Waals surface area contributed by atoms with E-state index in [0.717, 1.165) is 18.4 Å². The van der Waals surface area contributed by atoms with Crippen molar-refractivity contribution >= 4 is 17.5 Å². The number of amides is 1. The van der Waals surface area contributed by atoms with Gasteiger partial charge in [0.05, 0.1) is 12.5 Å². The molecule has 0 radical (unpaired) electrons. The molecule has 2 nitrogen and oxygen atoms in total. The van der Waals surface area contributed by atoms with Crippen LogP contribution < -0.4 is 5.32 Å². The molecule has 1 N–H and O–H groups in total. The summed E-state index contributed by atoms with van der Waals surface area (Å²) in [5.41, 5.74) is 5.10. The van der Waals surface area contributed by atoms with Gasteiger partial charge in [-0.3, -0.25) is 4.79 Å². The van der Waals surface area contributed by atoms with Gasteiger partial charge in [0, 0.05) is 5.02 Å². The first kappa shape index (κ1) is 17.0. The van der Waals surface area contributed by atoms with Crippen molar-refractivity contribution in [2.24, 2.45) is 0 Å². The molecule has 1 amide bonds. The Labute approximate surface area is 149 Å². The Bertz CT molecular complexity index is 726. The number of carbonyl (C=O) groups excluding carboxylic acids is 1. The van der Waals surface area contributed by atoms with Crippen LogP contribution in [0.2, 0.25) is 5.02 Å². The summed E-state index contributed by atoms with van der Waals surface area (Å²) in [7, 11) is 0. The summed E-state index contributed by atoms with van der Waals surface area (Å²) < 4.78 is 0. The van der Waals surface area contributed by atoms with Crippen LogP contribution in [-0.2, 0) is 24.1 Å². The Hall–Kier alpha value is -1.80. The molecule has 0 bridgehead atoms. The average molecular weight is 342 g/mol. The fraction of sp³-hybridized carbons (Fsp3) is 0.381. The molecule has 0 aliphatic heterocycles. The van der Waals surface area contributed by atoms with E-state index < -0.39 is 0 Å². The zero-order chi connectivity index (χ0) is 16.9. The lowest BCUT2D eigenvalue weighted by Crippen LogP contribution is -2.29. The number of halogens is 1. The first-order valence-electron chi connectivity index (χ1n) is 8.81. The van der Waals surface area contributed by atoms with Crippen molar-refractivity contribution in [3.8, 4) is 0 Å². The maximum atomic E-state index is 12.4. The summed E-state index contributed by atoms with van der Waals surface area (Å²) in [6, 6.07) is 14.3. The molecular formula is C21H24ClNO. The highest BCUT2D eigenvalue weighted by atomic mass is 35.5. The first-order valence-corrected chi connectivity index (χ1v) is 9.19. The van der Waals surface area contributed by atoms with E-state index in [1.165, 1.54) is 36.0 Å². The van der Waals surface area contributed by atoms with Gasteiger partial charge in [-0.25, -0.2) is 0 Å². The lowest BCUT2D eigenvalue weighted by molar-refractivity contribution is -0.121. The van der Waals surface area contributed by atoms with Crippen LogP contribution in [0.15, 0.2) is 42.5 Å². The predicted molar refractivity (Wildman–Crippen MR) is 99.4 cm³/mol. The summed E-state index contributed by atoms with van der Waals surface area (Å²) in [5, 5.41) is 3.84. The quantitative estimate of drug-likeness (QED) is 0.812. The standard InChI is InChI=1S/C21H24ClNO/c1-2-20(18-11-10-16-7-3-4-8-17(16)14-18)23-21(24)13-15-6-5-9-19(22)12-15/h5-6,9-12,14,20H,2-4,7-8,13H2,1H3,(H,23,24)/t20-/m0/s1. The molecular weight excluding hydrogens is 318 g/mol. The second kappa shape index (κ2) is 7.85. The highest BCUT2D eigenvalue weighted by Crippen LogP contribution is 2.26. The normalized spacial score (nSPS) is 14.8. The predicted octanol–water partition coefficient (Wildman–Crippen LogP) is 5.03. The molecule has 0 aromatic heterocycles. The molecule has 0 unspecified atom stereocenters. The fourth-order valence-electron chi connectivity index (χ4n) is 3.47. The third kappa shape index (κ3) is 4.18. The van der Waals surface area contributed by atoms with Gasteiger partial charge in [0.25, 0.3) is 0 Å². The van der Waals surface area contributed by atoms with Gasteiger partial charge in [-0.1, -0.05) is 48.9 Å². The minimum Gasteiger partial charge on any atom is -0.349 e. The molecule has 0 spiro atoms. The zero-order valence-corrected chi connectivity index (χ0v) is 14.9. The highest BCUT2D eigenvalue weighted by molar-refractivity contribution is 6.30. The summed E-state index contributed by atoms with van der Waals surface area (Å²) in [4.78, 5) is 12.4. The minimum atomic E-state index is 0.0434. The fourth-order valence-corrected chi connectivity index (χ4v) is 3.68. The van der Waals surface area contributed by atoms with Crippen molar-refractivity contribution in [3.63, 3.8) is 0 Å². The van der Waals surface area contributed by atoms with Crippen LogP contribution in [0.1, 0.15) is 54.5 Å². The number of benzene rings is 2. The summed E-state index contributed by atoms with van der Waals surface area (Å²) in [6.07, 6.45) is 6.17. The van der Waals surface area contributed by atoms with Crippen LogP contribution in [-0.4, -0.2) is 5.91 Å². The summed E-state index contributed by atoms with van der Waals surface area (Å²) in [6.45, 7) is 2.11. The zero-order valence-electron chi connectivity index (χ0n) is 14.1. The maximum Gasteiger partial charge on any atom is 0.224 e. The van der Waals surface area contributed by atoms with Crippen LogP contribution >= 0.6 is 11.6 Å². The Morgan fingerprint density at radius 1 is 1.12 bits per heavy atom. The van der Waals surface area contributed by atoms with Crippen LogP contribution in [0.4, 0.5) is 0 Å². The average Bonchev–Trinajstić information content (AvgIpc) is 2.59. The second-order valence-corrected chi connectivity index (χ2v) is 7.01. The number of carbonyl (C=O) groups is 1. The molecule has 2 aromatic carbocycles. The van der Waals surface area contributed by atoms with Crippen molar-refractivity contribution in [1.29, 1.82) is 0 Å². The number of hydrogen-bond acceptors (Lipinski definition) is 1. The van der Waals surface area contributed by atoms with Crippen LogP contribution in [0.5, 0.6) is 0 Å². The molecule has 1 aliphatic carbocycles. The van der Waals surface area contributed by atoms with Gasteiger partial charge >= 0.3 is 0 Å². The van der Waals surface area contributed by atoms with Crippen LogP contribution in [0.3, 0.4) is 0 Å². The third-order valence-electron chi connectivity index (χ3n) is 4.77. The monoisotopic (exact) mass is 341 g/mol. The Morgan fingerprint density at radius 3 is 2.67 bits per heavy atom. The van der Waals surface area contributed by atoms with Crippen molar-refractivity contribution in [3.05, 3.63) is 69.7 Å². The van der Waals surface area contributed by atoms with Gasteiger partial charge in [-0.2, -0.15) is 0 Å². The summed E-state index contributed by atoms with van der Waals surface area (Å²) >= 11 is 5.99. The van der Waals surface area contributed by atoms with Crippen LogP contribution in [0, 0.1) is 0 Å². The molecule has 24 heavy (non-hydrogen) atoms. The molecule has 1 atom stereocenters. The molecule has 0 saturated carbocycles. The Kier molecular flexibility index (Phi) is 5.57. The summed E-state index contributed by atoms with van der Waals surface area (Å²) in [5.74, 6) is 0.0434. The molecule has 3 rings (SSSR count). The molecule has 1 aliphatic rings. The van der Waals surface area contributed by atoms with Gasteiger partial charge in [0.15, 0.2) is 0 Å². The van der Waals surface area contributed by atoms with Gasteiger partial charge in [0.2, 0.25) is 5.91 Å². The lowest BCUT2D eigenvalue weighted by Gasteiger charge is -2.22. The SMILES string of the molecule is CC[C@H](NC(=O)Cc1cccc(Cl)c1)c1ccc2c(c1)CCCC2.